The Labute approximate surface area is 217 Å². The Morgan fingerprint density at radius 2 is 1.41 bits per heavy atom. The first-order valence-corrected chi connectivity index (χ1v) is 12.3. The van der Waals surface area contributed by atoms with Crippen LogP contribution < -0.4 is 21.1 Å². The van der Waals surface area contributed by atoms with Crippen LogP contribution in [-0.4, -0.2) is 11.8 Å². The average Bonchev–Trinajstić information content (AvgIpc) is 2.95. The van der Waals surface area contributed by atoms with Crippen molar-refractivity contribution in [2.75, 3.05) is 5.32 Å². The highest BCUT2D eigenvalue weighted by molar-refractivity contribution is 5.98. The van der Waals surface area contributed by atoms with Gasteiger partial charge in [0, 0.05) is 18.7 Å². The van der Waals surface area contributed by atoms with Gasteiger partial charge in [-0.1, -0.05) is 84.9 Å². The fourth-order valence-corrected chi connectivity index (χ4v) is 3.92. The number of aryl methyl sites for hydroxylation is 1. The summed E-state index contributed by atoms with van der Waals surface area (Å²) >= 11 is 0. The molecule has 0 saturated heterocycles. The maximum atomic E-state index is 13.3. The molecular formula is C31H31N3O3. The van der Waals surface area contributed by atoms with Gasteiger partial charge in [-0.15, -0.1) is 0 Å². The van der Waals surface area contributed by atoms with E-state index in [2.05, 4.69) is 10.6 Å². The largest absolute Gasteiger partial charge is 0.489 e. The van der Waals surface area contributed by atoms with Crippen LogP contribution >= 0.6 is 0 Å². The van der Waals surface area contributed by atoms with Crippen molar-refractivity contribution in [1.82, 2.24) is 5.32 Å². The standard InChI is InChI=1S/C31H31N3O3/c32-21-25-12-7-13-27(20-25)33-31(36)30(34-29(35)19-14-23-8-3-1-4-9-23)26-15-17-28(18-16-26)37-22-24-10-5-2-6-11-24/h1-13,15-18,20,30H,14,19,21-22,32H2,(H,33,36)(H,34,35)/t30-/m1/s1. The fourth-order valence-electron chi connectivity index (χ4n) is 3.92. The molecule has 0 aliphatic rings. The highest BCUT2D eigenvalue weighted by atomic mass is 16.5. The number of ether oxygens (including phenoxy) is 1. The van der Waals surface area contributed by atoms with Gasteiger partial charge in [0.1, 0.15) is 18.4 Å². The van der Waals surface area contributed by atoms with Crippen molar-refractivity contribution in [2.45, 2.75) is 32.0 Å². The van der Waals surface area contributed by atoms with E-state index in [0.29, 0.717) is 36.6 Å². The molecule has 37 heavy (non-hydrogen) atoms. The molecule has 0 bridgehead atoms. The van der Waals surface area contributed by atoms with Gasteiger partial charge in [-0.05, 0) is 52.9 Å². The molecule has 4 N–H and O–H groups in total. The second kappa shape index (κ2) is 13.0. The van der Waals surface area contributed by atoms with Crippen molar-refractivity contribution in [3.8, 4) is 5.75 Å². The van der Waals surface area contributed by atoms with Crippen molar-refractivity contribution in [3.05, 3.63) is 131 Å². The summed E-state index contributed by atoms with van der Waals surface area (Å²) in [6.07, 6.45) is 0.862. The number of benzene rings is 4. The third kappa shape index (κ3) is 7.78. The summed E-state index contributed by atoms with van der Waals surface area (Å²) in [7, 11) is 0. The van der Waals surface area contributed by atoms with Crippen molar-refractivity contribution in [3.63, 3.8) is 0 Å². The number of rotatable bonds is 11. The molecule has 0 fully saturated rings. The molecule has 6 nitrogen and oxygen atoms in total. The summed E-state index contributed by atoms with van der Waals surface area (Å²) in [4.78, 5) is 26.2. The summed E-state index contributed by atoms with van der Waals surface area (Å²) in [5, 5.41) is 5.83. The van der Waals surface area contributed by atoms with Gasteiger partial charge in [0.2, 0.25) is 5.91 Å². The molecule has 2 amide bonds. The lowest BCUT2D eigenvalue weighted by Gasteiger charge is -2.20. The van der Waals surface area contributed by atoms with Crippen molar-refractivity contribution in [2.24, 2.45) is 5.73 Å². The second-order valence-corrected chi connectivity index (χ2v) is 8.72. The Morgan fingerprint density at radius 3 is 2.08 bits per heavy atom. The smallest absolute Gasteiger partial charge is 0.251 e. The van der Waals surface area contributed by atoms with E-state index < -0.39 is 6.04 Å². The van der Waals surface area contributed by atoms with Gasteiger partial charge in [-0.3, -0.25) is 9.59 Å². The number of anilines is 1. The van der Waals surface area contributed by atoms with Crippen LogP contribution in [0.3, 0.4) is 0 Å². The van der Waals surface area contributed by atoms with E-state index in [4.69, 9.17) is 10.5 Å². The lowest BCUT2D eigenvalue weighted by atomic mass is 10.0. The van der Waals surface area contributed by atoms with Gasteiger partial charge in [0.15, 0.2) is 0 Å². The Kier molecular flexibility index (Phi) is 9.05. The van der Waals surface area contributed by atoms with Gasteiger partial charge < -0.3 is 21.1 Å². The number of nitrogens with two attached hydrogens (primary N) is 1. The molecule has 0 radical (unpaired) electrons. The van der Waals surface area contributed by atoms with E-state index in [9.17, 15) is 9.59 Å². The number of hydrogen-bond acceptors (Lipinski definition) is 4. The molecular weight excluding hydrogens is 462 g/mol. The first kappa shape index (κ1) is 25.7. The van der Waals surface area contributed by atoms with E-state index >= 15 is 0 Å². The summed E-state index contributed by atoms with van der Waals surface area (Å²) in [5.41, 5.74) is 10.1. The van der Waals surface area contributed by atoms with Gasteiger partial charge in [-0.25, -0.2) is 0 Å². The Balaban J connectivity index is 1.46. The molecule has 0 aromatic heterocycles. The molecule has 4 rings (SSSR count). The minimum absolute atomic E-state index is 0.205. The average molecular weight is 494 g/mol. The lowest BCUT2D eigenvalue weighted by Crippen LogP contribution is -2.37. The van der Waals surface area contributed by atoms with Crippen LogP contribution in [0.25, 0.3) is 0 Å². The zero-order valence-corrected chi connectivity index (χ0v) is 20.6. The zero-order chi connectivity index (χ0) is 25.9. The predicted molar refractivity (Wildman–Crippen MR) is 146 cm³/mol. The SMILES string of the molecule is NCc1cccc(NC(=O)[C@H](NC(=O)CCc2ccccc2)c2ccc(OCc3ccccc3)cc2)c1. The Bertz CT molecular complexity index is 1290. The quantitative estimate of drug-likeness (QED) is 0.269. The molecule has 0 spiro atoms. The second-order valence-electron chi connectivity index (χ2n) is 8.72. The van der Waals surface area contributed by atoms with Crippen molar-refractivity contribution >= 4 is 17.5 Å². The fraction of sp³-hybridized carbons (Fsp3) is 0.161. The molecule has 4 aromatic carbocycles. The van der Waals surface area contributed by atoms with Gasteiger partial charge >= 0.3 is 0 Å². The van der Waals surface area contributed by atoms with E-state index in [1.807, 2.05) is 91.0 Å². The molecule has 6 heteroatoms. The normalized spacial score (nSPS) is 11.4. The first-order chi connectivity index (χ1) is 18.1. The van der Waals surface area contributed by atoms with Gasteiger partial charge in [0.05, 0.1) is 0 Å². The predicted octanol–water partition coefficient (Wildman–Crippen LogP) is 5.15. The third-order valence-corrected chi connectivity index (χ3v) is 5.94. The molecule has 0 aliphatic heterocycles. The zero-order valence-electron chi connectivity index (χ0n) is 20.6. The lowest BCUT2D eigenvalue weighted by molar-refractivity contribution is -0.126. The third-order valence-electron chi connectivity index (χ3n) is 5.94. The molecule has 4 aromatic rings. The molecule has 0 unspecified atom stereocenters. The van der Waals surface area contributed by atoms with Crippen LogP contribution in [0, 0.1) is 0 Å². The van der Waals surface area contributed by atoms with Crippen LogP contribution in [0.4, 0.5) is 5.69 Å². The first-order valence-electron chi connectivity index (χ1n) is 12.3. The summed E-state index contributed by atoms with van der Waals surface area (Å²) < 4.78 is 5.88. The maximum Gasteiger partial charge on any atom is 0.251 e. The Hall–Kier alpha value is -4.42. The summed E-state index contributed by atoms with van der Waals surface area (Å²) in [5.74, 6) is 0.141. The van der Waals surface area contributed by atoms with Crippen LogP contribution in [0.15, 0.2) is 109 Å². The minimum Gasteiger partial charge on any atom is -0.489 e. The minimum atomic E-state index is -0.868. The number of hydrogen-bond donors (Lipinski definition) is 3. The summed E-state index contributed by atoms with van der Waals surface area (Å²) in [6, 6.07) is 33.4. The Morgan fingerprint density at radius 1 is 0.757 bits per heavy atom. The van der Waals surface area contributed by atoms with Crippen molar-refractivity contribution in [1.29, 1.82) is 0 Å². The molecule has 1 atom stereocenters. The molecule has 0 heterocycles. The summed E-state index contributed by atoms with van der Waals surface area (Å²) in [6.45, 7) is 0.811. The molecule has 188 valence electrons. The van der Waals surface area contributed by atoms with Crippen molar-refractivity contribution < 1.29 is 14.3 Å². The maximum absolute atomic E-state index is 13.3. The van der Waals surface area contributed by atoms with Crippen LogP contribution in [0.5, 0.6) is 5.75 Å². The van der Waals surface area contributed by atoms with Gasteiger partial charge in [-0.2, -0.15) is 0 Å². The van der Waals surface area contributed by atoms with Gasteiger partial charge in [0.25, 0.3) is 5.91 Å². The molecule has 0 saturated carbocycles. The van der Waals surface area contributed by atoms with Crippen LogP contribution in [-0.2, 0) is 29.2 Å². The number of amides is 2. The van der Waals surface area contributed by atoms with E-state index in [0.717, 1.165) is 16.7 Å². The van der Waals surface area contributed by atoms with Crippen LogP contribution in [0.2, 0.25) is 0 Å². The van der Waals surface area contributed by atoms with Crippen LogP contribution in [0.1, 0.15) is 34.7 Å². The number of nitrogens with one attached hydrogen (secondary N) is 2. The van der Waals surface area contributed by atoms with E-state index in [1.54, 1.807) is 18.2 Å². The monoisotopic (exact) mass is 493 g/mol. The number of carbonyl (C=O) groups is 2. The number of carbonyl (C=O) groups excluding carboxylic acids is 2. The highest BCUT2D eigenvalue weighted by Gasteiger charge is 2.23. The highest BCUT2D eigenvalue weighted by Crippen LogP contribution is 2.22. The topological polar surface area (TPSA) is 93.5 Å². The molecule has 0 aliphatic carbocycles. The van der Waals surface area contributed by atoms with E-state index in [1.165, 1.54) is 0 Å². The van der Waals surface area contributed by atoms with E-state index in [-0.39, 0.29) is 18.2 Å².